The zero-order chi connectivity index (χ0) is 15.4. The zero-order valence-corrected chi connectivity index (χ0v) is 13.1. The van der Waals surface area contributed by atoms with Gasteiger partial charge in [-0.1, -0.05) is 6.92 Å². The molecular weight excluding hydrogens is 296 g/mol. The van der Waals surface area contributed by atoms with Gasteiger partial charge in [-0.2, -0.15) is 0 Å². The number of rotatable bonds is 5. The highest BCUT2D eigenvalue weighted by atomic mass is 32.1. The van der Waals surface area contributed by atoms with Gasteiger partial charge in [-0.3, -0.25) is 4.79 Å². The maximum Gasteiger partial charge on any atom is 0.255 e. The van der Waals surface area contributed by atoms with Gasteiger partial charge in [0.1, 0.15) is 0 Å². The number of thiazole rings is 1. The summed E-state index contributed by atoms with van der Waals surface area (Å²) in [6.45, 7) is 4.63. The van der Waals surface area contributed by atoms with E-state index < -0.39 is 13.0 Å². The molecule has 0 bridgehead atoms. The molecule has 118 valence electrons. The van der Waals surface area contributed by atoms with Crippen molar-refractivity contribution in [2.75, 3.05) is 18.4 Å². The topological polar surface area (TPSA) is 45.2 Å². The Balaban J connectivity index is 1.90. The lowest BCUT2D eigenvalue weighted by Gasteiger charge is -2.37. The second kappa shape index (κ2) is 7.15. The number of aromatic nitrogens is 1. The lowest BCUT2D eigenvalue weighted by Crippen LogP contribution is -2.46. The SMILES string of the molecule is CC1CCCN(C(=O)Cc2csc(NCC(F)F)n2)C1C. The Kier molecular flexibility index (Phi) is 5.50. The Morgan fingerprint density at radius 1 is 1.57 bits per heavy atom. The van der Waals surface area contributed by atoms with Crippen LogP contribution in [0.4, 0.5) is 13.9 Å². The maximum absolute atomic E-state index is 12.3. The van der Waals surface area contributed by atoms with Crippen molar-refractivity contribution in [2.24, 2.45) is 5.92 Å². The summed E-state index contributed by atoms with van der Waals surface area (Å²) in [6.07, 6.45) is 0.0256. The van der Waals surface area contributed by atoms with Crippen LogP contribution in [0.25, 0.3) is 0 Å². The first-order valence-corrected chi connectivity index (χ1v) is 8.11. The molecule has 1 amide bonds. The molecule has 1 N–H and O–H groups in total. The van der Waals surface area contributed by atoms with Crippen molar-refractivity contribution in [3.05, 3.63) is 11.1 Å². The largest absolute Gasteiger partial charge is 0.356 e. The van der Waals surface area contributed by atoms with Crippen LogP contribution in [0.3, 0.4) is 0 Å². The number of alkyl halides is 2. The fourth-order valence-electron chi connectivity index (χ4n) is 2.58. The van der Waals surface area contributed by atoms with E-state index in [1.54, 1.807) is 5.38 Å². The fraction of sp³-hybridized carbons (Fsp3) is 0.714. The fourth-order valence-corrected chi connectivity index (χ4v) is 3.30. The lowest BCUT2D eigenvalue weighted by atomic mass is 9.92. The van der Waals surface area contributed by atoms with E-state index in [0.29, 0.717) is 16.7 Å². The van der Waals surface area contributed by atoms with E-state index >= 15 is 0 Å². The summed E-state index contributed by atoms with van der Waals surface area (Å²) >= 11 is 1.26. The molecule has 2 rings (SSSR count). The van der Waals surface area contributed by atoms with Crippen LogP contribution in [-0.4, -0.2) is 41.3 Å². The smallest absolute Gasteiger partial charge is 0.255 e. The first kappa shape index (κ1) is 16.1. The van der Waals surface area contributed by atoms with Gasteiger partial charge in [-0.25, -0.2) is 13.8 Å². The van der Waals surface area contributed by atoms with Crippen molar-refractivity contribution in [3.8, 4) is 0 Å². The summed E-state index contributed by atoms with van der Waals surface area (Å²) in [6, 6.07) is 0.251. The third-order valence-corrected chi connectivity index (χ3v) is 4.83. The van der Waals surface area contributed by atoms with Crippen molar-refractivity contribution >= 4 is 22.4 Å². The van der Waals surface area contributed by atoms with Gasteiger partial charge in [0.2, 0.25) is 5.91 Å². The molecule has 1 saturated heterocycles. The minimum absolute atomic E-state index is 0.0692. The predicted octanol–water partition coefficient (Wildman–Crippen LogP) is 3.01. The zero-order valence-electron chi connectivity index (χ0n) is 12.3. The molecule has 0 aliphatic carbocycles. The second-order valence-corrected chi connectivity index (χ2v) is 6.40. The molecule has 1 aliphatic rings. The minimum Gasteiger partial charge on any atom is -0.356 e. The van der Waals surface area contributed by atoms with Crippen molar-refractivity contribution in [1.82, 2.24) is 9.88 Å². The number of amides is 1. The van der Waals surface area contributed by atoms with Gasteiger partial charge < -0.3 is 10.2 Å². The van der Waals surface area contributed by atoms with E-state index in [0.717, 1.165) is 19.4 Å². The molecule has 1 aromatic heterocycles. The van der Waals surface area contributed by atoms with E-state index in [2.05, 4.69) is 24.1 Å². The molecule has 1 aromatic rings. The molecule has 0 spiro atoms. The molecule has 1 aliphatic heterocycles. The number of nitrogens with one attached hydrogen (secondary N) is 1. The van der Waals surface area contributed by atoms with Gasteiger partial charge >= 0.3 is 0 Å². The second-order valence-electron chi connectivity index (χ2n) is 5.54. The first-order chi connectivity index (χ1) is 9.97. The summed E-state index contributed by atoms with van der Waals surface area (Å²) in [5, 5.41) is 4.76. The number of likely N-dealkylation sites (tertiary alicyclic amines) is 1. The Bertz CT molecular complexity index is 481. The van der Waals surface area contributed by atoms with Crippen LogP contribution in [0.2, 0.25) is 0 Å². The van der Waals surface area contributed by atoms with E-state index in [4.69, 9.17) is 0 Å². The first-order valence-electron chi connectivity index (χ1n) is 7.23. The molecule has 0 radical (unpaired) electrons. The number of piperidine rings is 1. The number of nitrogens with zero attached hydrogens (tertiary/aromatic N) is 2. The van der Waals surface area contributed by atoms with E-state index in [9.17, 15) is 13.6 Å². The number of carbonyl (C=O) groups is 1. The molecule has 2 atom stereocenters. The van der Waals surface area contributed by atoms with Crippen molar-refractivity contribution in [1.29, 1.82) is 0 Å². The van der Waals surface area contributed by atoms with Gasteiger partial charge in [0, 0.05) is 18.0 Å². The Morgan fingerprint density at radius 2 is 2.33 bits per heavy atom. The van der Waals surface area contributed by atoms with Crippen molar-refractivity contribution in [3.63, 3.8) is 0 Å². The number of hydrogen-bond acceptors (Lipinski definition) is 4. The monoisotopic (exact) mass is 317 g/mol. The van der Waals surface area contributed by atoms with Crippen LogP contribution in [0.15, 0.2) is 5.38 Å². The summed E-state index contributed by atoms with van der Waals surface area (Å²) in [5.74, 6) is 0.584. The van der Waals surface area contributed by atoms with Crippen LogP contribution < -0.4 is 5.32 Å². The van der Waals surface area contributed by atoms with E-state index in [1.165, 1.54) is 11.3 Å². The van der Waals surface area contributed by atoms with Gasteiger partial charge in [-0.05, 0) is 25.7 Å². The van der Waals surface area contributed by atoms with Crippen LogP contribution in [-0.2, 0) is 11.2 Å². The quantitative estimate of drug-likeness (QED) is 0.908. The van der Waals surface area contributed by atoms with Gasteiger partial charge in [0.15, 0.2) is 5.13 Å². The molecule has 21 heavy (non-hydrogen) atoms. The third-order valence-electron chi connectivity index (χ3n) is 3.99. The van der Waals surface area contributed by atoms with Crippen LogP contribution in [0.1, 0.15) is 32.4 Å². The van der Waals surface area contributed by atoms with Crippen LogP contribution >= 0.6 is 11.3 Å². The van der Waals surface area contributed by atoms with Crippen molar-refractivity contribution in [2.45, 2.75) is 45.6 Å². The molecule has 2 unspecified atom stereocenters. The van der Waals surface area contributed by atoms with Crippen LogP contribution in [0.5, 0.6) is 0 Å². The minimum atomic E-state index is -2.41. The van der Waals surface area contributed by atoms with Gasteiger partial charge in [0.25, 0.3) is 6.43 Å². The third kappa shape index (κ3) is 4.36. The maximum atomic E-state index is 12.3. The highest BCUT2D eigenvalue weighted by Crippen LogP contribution is 2.24. The van der Waals surface area contributed by atoms with Gasteiger partial charge in [0.05, 0.1) is 18.7 Å². The Labute approximate surface area is 127 Å². The highest BCUT2D eigenvalue weighted by molar-refractivity contribution is 7.13. The molecule has 0 aromatic carbocycles. The summed E-state index contributed by atoms with van der Waals surface area (Å²) in [7, 11) is 0. The predicted molar refractivity (Wildman–Crippen MR) is 79.9 cm³/mol. The molecule has 1 fully saturated rings. The van der Waals surface area contributed by atoms with E-state index in [1.807, 2.05) is 4.90 Å². The summed E-state index contributed by atoms with van der Waals surface area (Å²) in [5.41, 5.74) is 0.646. The summed E-state index contributed by atoms with van der Waals surface area (Å²) in [4.78, 5) is 18.5. The molecule has 2 heterocycles. The Morgan fingerprint density at radius 3 is 3.05 bits per heavy atom. The molecular formula is C14H21F2N3OS. The average Bonchev–Trinajstić information content (AvgIpc) is 2.87. The highest BCUT2D eigenvalue weighted by Gasteiger charge is 2.28. The summed E-state index contributed by atoms with van der Waals surface area (Å²) < 4.78 is 24.2. The number of carbonyl (C=O) groups excluding carboxylic acids is 1. The average molecular weight is 317 g/mol. The normalized spacial score (nSPS) is 22.6. The molecule has 0 saturated carbocycles. The molecule has 7 heteroatoms. The van der Waals surface area contributed by atoms with E-state index in [-0.39, 0.29) is 18.4 Å². The van der Waals surface area contributed by atoms with Gasteiger partial charge in [-0.15, -0.1) is 11.3 Å². The lowest BCUT2D eigenvalue weighted by molar-refractivity contribution is -0.135. The number of anilines is 1. The van der Waals surface area contributed by atoms with Crippen LogP contribution in [0, 0.1) is 5.92 Å². The Hall–Kier alpha value is -1.24. The number of halogens is 2. The standard InChI is InChI=1S/C14H21F2N3OS/c1-9-4-3-5-19(10(9)2)13(20)6-11-8-21-14(18-11)17-7-12(15)16/h8-10,12H,3-7H2,1-2H3,(H,17,18). The number of hydrogen-bond donors (Lipinski definition) is 1. The molecule has 4 nitrogen and oxygen atoms in total. The van der Waals surface area contributed by atoms with Crippen molar-refractivity contribution < 1.29 is 13.6 Å².